The Morgan fingerprint density at radius 1 is 0.966 bits per heavy atom. The van der Waals surface area contributed by atoms with Crippen molar-refractivity contribution < 1.29 is 9.53 Å². The van der Waals surface area contributed by atoms with E-state index in [1.165, 1.54) is 25.7 Å². The number of nitrogens with zero attached hydrogens (tertiary/aromatic N) is 2. The van der Waals surface area contributed by atoms with E-state index < -0.39 is 0 Å². The molecule has 0 amide bonds. The number of hydrogen-bond acceptors (Lipinski definition) is 4. The summed E-state index contributed by atoms with van der Waals surface area (Å²) in [6, 6.07) is 7.77. The normalized spacial score (nSPS) is 18.6. The number of carbonyl (C=O) groups is 1. The van der Waals surface area contributed by atoms with Gasteiger partial charge in [0.1, 0.15) is 23.5 Å². The summed E-state index contributed by atoms with van der Waals surface area (Å²) in [6.07, 6.45) is 12.9. The van der Waals surface area contributed by atoms with Crippen molar-refractivity contribution in [2.45, 2.75) is 90.9 Å². The maximum atomic E-state index is 12.7. The topological polar surface area (TPSA) is 73.9 Å². The van der Waals surface area contributed by atoms with Crippen LogP contribution in [0.2, 0.25) is 0 Å². The summed E-state index contributed by atoms with van der Waals surface area (Å²) in [5, 5.41) is 19.2. The molecular weight excluding hydrogens is 360 g/mol. The average Bonchev–Trinajstić information content (AvgIpc) is 2.74. The predicted molar refractivity (Wildman–Crippen MR) is 114 cm³/mol. The molecule has 1 fully saturated rings. The van der Waals surface area contributed by atoms with Crippen molar-refractivity contribution >= 4 is 5.97 Å². The van der Waals surface area contributed by atoms with E-state index in [1.54, 1.807) is 6.07 Å². The van der Waals surface area contributed by atoms with Crippen molar-refractivity contribution in [3.63, 3.8) is 0 Å². The molecule has 1 aromatic carbocycles. The highest BCUT2D eigenvalue weighted by Gasteiger charge is 2.28. The third-order valence-corrected chi connectivity index (χ3v) is 6.13. The molecule has 4 heteroatoms. The van der Waals surface area contributed by atoms with Gasteiger partial charge >= 0.3 is 5.97 Å². The zero-order valence-corrected chi connectivity index (χ0v) is 18.0. The van der Waals surface area contributed by atoms with Gasteiger partial charge in [0.2, 0.25) is 0 Å². The Morgan fingerprint density at radius 3 is 2.24 bits per heavy atom. The molecule has 0 aromatic heterocycles. The zero-order chi connectivity index (χ0) is 21.1. The maximum Gasteiger partial charge on any atom is 0.314 e. The average molecular weight is 395 g/mol. The van der Waals surface area contributed by atoms with Gasteiger partial charge in [-0.1, -0.05) is 58.4 Å². The quantitative estimate of drug-likeness (QED) is 0.259. The first-order valence-corrected chi connectivity index (χ1v) is 11.3. The number of hydrogen-bond donors (Lipinski definition) is 0. The first-order valence-electron chi connectivity index (χ1n) is 11.3. The fourth-order valence-electron chi connectivity index (χ4n) is 4.29. The molecule has 1 saturated carbocycles. The second kappa shape index (κ2) is 12.3. The van der Waals surface area contributed by atoms with Gasteiger partial charge in [-0.25, -0.2) is 0 Å². The summed E-state index contributed by atoms with van der Waals surface area (Å²) in [4.78, 5) is 12.7. The van der Waals surface area contributed by atoms with Gasteiger partial charge in [0, 0.05) is 0 Å². The number of benzene rings is 1. The number of aryl methyl sites for hydroxylation is 1. The highest BCUT2D eigenvalue weighted by molar-refractivity contribution is 5.76. The predicted octanol–water partition coefficient (Wildman–Crippen LogP) is 6.45. The van der Waals surface area contributed by atoms with Crippen molar-refractivity contribution in [3.05, 3.63) is 28.8 Å². The first kappa shape index (κ1) is 23.0. The molecule has 0 heterocycles. The zero-order valence-electron chi connectivity index (χ0n) is 18.0. The van der Waals surface area contributed by atoms with E-state index in [1.807, 2.05) is 6.07 Å². The number of ether oxygens (including phenoxy) is 1. The second-order valence-corrected chi connectivity index (χ2v) is 8.29. The van der Waals surface area contributed by atoms with Gasteiger partial charge in [-0.3, -0.25) is 4.79 Å². The second-order valence-electron chi connectivity index (χ2n) is 8.29. The Labute approximate surface area is 175 Å². The van der Waals surface area contributed by atoms with E-state index in [9.17, 15) is 15.3 Å². The van der Waals surface area contributed by atoms with Crippen LogP contribution >= 0.6 is 0 Å². The minimum absolute atomic E-state index is 0.0984. The van der Waals surface area contributed by atoms with Crippen LogP contribution in [-0.2, 0) is 11.2 Å². The Kier molecular flexibility index (Phi) is 9.72. The van der Waals surface area contributed by atoms with Crippen LogP contribution in [0, 0.1) is 34.5 Å². The van der Waals surface area contributed by atoms with Gasteiger partial charge in [0.05, 0.1) is 11.5 Å². The summed E-state index contributed by atoms with van der Waals surface area (Å²) in [6.45, 7) is 4.35. The molecule has 0 N–H and O–H groups in total. The molecular formula is C25H34N2O2. The summed E-state index contributed by atoms with van der Waals surface area (Å²) in [5.74, 6) is 0.612. The van der Waals surface area contributed by atoms with Crippen molar-refractivity contribution in [3.8, 4) is 17.9 Å². The molecule has 0 saturated heterocycles. The minimum atomic E-state index is -0.254. The van der Waals surface area contributed by atoms with Crippen LogP contribution in [0.3, 0.4) is 0 Å². The molecule has 4 nitrogen and oxygen atoms in total. The van der Waals surface area contributed by atoms with Crippen LogP contribution in [0.5, 0.6) is 5.75 Å². The van der Waals surface area contributed by atoms with Gasteiger partial charge in [-0.15, -0.1) is 0 Å². The maximum absolute atomic E-state index is 12.7. The number of carbonyl (C=O) groups excluding carboxylic acids is 1. The molecule has 29 heavy (non-hydrogen) atoms. The van der Waals surface area contributed by atoms with Crippen LogP contribution in [0.15, 0.2) is 12.1 Å². The highest BCUT2D eigenvalue weighted by atomic mass is 16.5. The van der Waals surface area contributed by atoms with Crippen molar-refractivity contribution in [1.29, 1.82) is 10.5 Å². The SMILES string of the molecule is CCCCCc1ccc(OC(=O)C2CCC(CCCCC)CC2)c(C#N)c1C#N. The van der Waals surface area contributed by atoms with Crippen molar-refractivity contribution in [2.75, 3.05) is 0 Å². The Bertz CT molecular complexity index is 749. The Balaban J connectivity index is 2.00. The number of nitriles is 2. The van der Waals surface area contributed by atoms with Crippen LogP contribution in [0.1, 0.15) is 101 Å². The van der Waals surface area contributed by atoms with Gasteiger partial charge in [-0.2, -0.15) is 10.5 Å². The van der Waals surface area contributed by atoms with E-state index in [-0.39, 0.29) is 23.2 Å². The standard InChI is InChI=1S/C25H34N2O2/c1-3-5-7-9-19-11-13-21(14-12-19)25(28)29-24-16-15-20(10-8-6-4-2)22(17-26)23(24)18-27/h15-16,19,21H,3-14H2,1-2H3. The van der Waals surface area contributed by atoms with Gasteiger partial charge in [0.15, 0.2) is 0 Å². The van der Waals surface area contributed by atoms with Crippen LogP contribution in [0.4, 0.5) is 0 Å². The molecule has 1 aliphatic carbocycles. The Hall–Kier alpha value is -2.33. The fraction of sp³-hybridized carbons (Fsp3) is 0.640. The fourth-order valence-corrected chi connectivity index (χ4v) is 4.29. The van der Waals surface area contributed by atoms with Crippen molar-refractivity contribution in [1.82, 2.24) is 0 Å². The largest absolute Gasteiger partial charge is 0.425 e. The lowest BCUT2D eigenvalue weighted by atomic mass is 9.80. The summed E-state index contributed by atoms with van der Waals surface area (Å²) >= 11 is 0. The lowest BCUT2D eigenvalue weighted by molar-refractivity contribution is -0.140. The molecule has 0 radical (unpaired) electrons. The molecule has 1 aromatic rings. The van der Waals surface area contributed by atoms with Crippen LogP contribution in [0.25, 0.3) is 0 Å². The lowest BCUT2D eigenvalue weighted by Crippen LogP contribution is -2.26. The van der Waals surface area contributed by atoms with Gasteiger partial charge in [-0.05, 0) is 56.1 Å². The lowest BCUT2D eigenvalue weighted by Gasteiger charge is -2.27. The highest BCUT2D eigenvalue weighted by Crippen LogP contribution is 2.34. The van der Waals surface area contributed by atoms with Gasteiger partial charge in [0.25, 0.3) is 0 Å². The molecule has 2 rings (SSSR count). The number of rotatable bonds is 10. The van der Waals surface area contributed by atoms with E-state index >= 15 is 0 Å². The molecule has 1 aliphatic rings. The third kappa shape index (κ3) is 6.60. The minimum Gasteiger partial charge on any atom is -0.425 e. The summed E-state index contributed by atoms with van der Waals surface area (Å²) < 4.78 is 5.62. The van der Waals surface area contributed by atoms with E-state index in [4.69, 9.17) is 4.74 Å². The van der Waals surface area contributed by atoms with Crippen LogP contribution in [-0.4, -0.2) is 5.97 Å². The smallest absolute Gasteiger partial charge is 0.314 e. The molecule has 0 unspecified atom stereocenters. The third-order valence-electron chi connectivity index (χ3n) is 6.13. The molecule has 0 aliphatic heterocycles. The summed E-state index contributed by atoms with van der Waals surface area (Å²) in [5.41, 5.74) is 1.42. The number of esters is 1. The van der Waals surface area contributed by atoms with E-state index in [0.717, 1.165) is 62.8 Å². The van der Waals surface area contributed by atoms with Gasteiger partial charge < -0.3 is 4.74 Å². The number of unbranched alkanes of at least 4 members (excludes halogenated alkanes) is 4. The molecule has 0 bridgehead atoms. The summed E-state index contributed by atoms with van der Waals surface area (Å²) in [7, 11) is 0. The monoisotopic (exact) mass is 394 g/mol. The van der Waals surface area contributed by atoms with Crippen LogP contribution < -0.4 is 4.74 Å². The first-order chi connectivity index (χ1) is 14.1. The van der Waals surface area contributed by atoms with E-state index in [0.29, 0.717) is 5.56 Å². The Morgan fingerprint density at radius 2 is 1.62 bits per heavy atom. The van der Waals surface area contributed by atoms with Crippen molar-refractivity contribution in [2.24, 2.45) is 11.8 Å². The molecule has 0 atom stereocenters. The van der Waals surface area contributed by atoms with E-state index in [2.05, 4.69) is 26.0 Å². The molecule has 156 valence electrons. The molecule has 0 spiro atoms.